The first kappa shape index (κ1) is 10.5. The second-order valence-electron chi connectivity index (χ2n) is 0.779. The van der Waals surface area contributed by atoms with E-state index in [1.807, 2.05) is 6.07 Å². The Labute approximate surface area is 59.2 Å². The topological polar surface area (TPSA) is 33.0 Å². The van der Waals surface area contributed by atoms with E-state index in [4.69, 9.17) is 5.26 Å². The van der Waals surface area contributed by atoms with Crippen molar-refractivity contribution in [1.82, 2.24) is 0 Å². The molecule has 0 heterocycles. The van der Waals surface area contributed by atoms with Gasteiger partial charge in [0.1, 0.15) is 0 Å². The predicted octanol–water partition coefficient (Wildman–Crippen LogP) is 0.704. The molecule has 1 radical (unpaired) electrons. The van der Waals surface area contributed by atoms with Crippen LogP contribution in [0.4, 0.5) is 0 Å². The average Bonchev–Trinajstić information content (AvgIpc) is 1.61. The standard InChI is InChI=1S/C3H6NOP.Re/c4-2-1-3-5-6;/h1,3,6H2;. The fourth-order valence-corrected chi connectivity index (χ4v) is 0.222. The minimum Gasteiger partial charge on any atom is -0.365 e. The first-order valence-electron chi connectivity index (χ1n) is 1.60. The van der Waals surface area contributed by atoms with Gasteiger partial charge in [0.15, 0.2) is 0 Å². The normalized spacial score (nSPS) is 6.29. The molecule has 0 rings (SSSR count). The molecule has 2 nitrogen and oxygen atoms in total. The van der Waals surface area contributed by atoms with Gasteiger partial charge in [-0.25, -0.2) is 0 Å². The molecule has 0 amide bonds. The molecule has 41 valence electrons. The molecule has 4 heteroatoms. The summed E-state index contributed by atoms with van der Waals surface area (Å²) in [5, 5.41) is 7.86. The van der Waals surface area contributed by atoms with Crippen molar-refractivity contribution in [2.45, 2.75) is 6.42 Å². The maximum Gasteiger partial charge on any atom is 0.0646 e. The number of rotatable bonds is 2. The Bertz CT molecular complexity index is 62.4. The van der Waals surface area contributed by atoms with Gasteiger partial charge in [0.2, 0.25) is 0 Å². The summed E-state index contributed by atoms with van der Waals surface area (Å²) in [6.45, 7) is 0.515. The zero-order valence-corrected chi connectivity index (χ0v) is 7.60. The van der Waals surface area contributed by atoms with Crippen LogP contribution in [0.1, 0.15) is 6.42 Å². The van der Waals surface area contributed by atoms with Gasteiger partial charge in [-0.15, -0.1) is 0 Å². The molecule has 0 aliphatic rings. The monoisotopic (exact) mass is 290 g/mol. The molecule has 0 aromatic rings. The molecule has 7 heavy (non-hydrogen) atoms. The Morgan fingerprint density at radius 2 is 2.29 bits per heavy atom. The minimum absolute atomic E-state index is 0. The van der Waals surface area contributed by atoms with E-state index in [2.05, 4.69) is 14.0 Å². The van der Waals surface area contributed by atoms with Crippen LogP contribution in [0.2, 0.25) is 0 Å². The van der Waals surface area contributed by atoms with Crippen molar-refractivity contribution in [2.75, 3.05) is 6.61 Å². The molecule has 0 N–H and O–H groups in total. The molecular weight excluding hydrogens is 283 g/mol. The van der Waals surface area contributed by atoms with E-state index in [0.29, 0.717) is 13.0 Å². The molecule has 0 bridgehead atoms. The average molecular weight is 289 g/mol. The summed E-state index contributed by atoms with van der Waals surface area (Å²) in [6.07, 6.45) is 0.476. The van der Waals surface area contributed by atoms with Gasteiger partial charge in [-0.3, -0.25) is 0 Å². The van der Waals surface area contributed by atoms with Crippen molar-refractivity contribution in [2.24, 2.45) is 0 Å². The molecule has 0 aromatic heterocycles. The van der Waals surface area contributed by atoms with Gasteiger partial charge in [0.05, 0.1) is 19.1 Å². The molecule has 0 aliphatic carbocycles. The van der Waals surface area contributed by atoms with Crippen molar-refractivity contribution >= 4 is 9.47 Å². The van der Waals surface area contributed by atoms with Crippen LogP contribution in [-0.4, -0.2) is 6.61 Å². The molecule has 0 saturated carbocycles. The zero-order valence-electron chi connectivity index (χ0n) is 3.72. The molecular formula is C3H6NOPRe. The zero-order chi connectivity index (χ0) is 4.83. The summed E-state index contributed by atoms with van der Waals surface area (Å²) < 4.78 is 4.48. The maximum absolute atomic E-state index is 7.86. The number of nitriles is 1. The summed E-state index contributed by atoms with van der Waals surface area (Å²) in [7, 11) is 2.08. The molecule has 1 unspecified atom stereocenters. The molecule has 1 atom stereocenters. The number of hydrogen-bond acceptors (Lipinski definition) is 2. The molecule has 0 fully saturated rings. The second-order valence-corrected chi connectivity index (χ2v) is 1.11. The third kappa shape index (κ3) is 10.8. The van der Waals surface area contributed by atoms with Crippen LogP contribution < -0.4 is 0 Å². The third-order valence-corrected chi connectivity index (χ3v) is 0.567. The second kappa shape index (κ2) is 9.74. The Morgan fingerprint density at radius 1 is 1.71 bits per heavy atom. The Balaban J connectivity index is 0. The quantitative estimate of drug-likeness (QED) is 0.554. The molecule has 0 aliphatic heterocycles. The van der Waals surface area contributed by atoms with Crippen LogP contribution in [0.3, 0.4) is 0 Å². The van der Waals surface area contributed by atoms with Crippen molar-refractivity contribution in [3.8, 4) is 6.07 Å². The fraction of sp³-hybridized carbons (Fsp3) is 0.667. The van der Waals surface area contributed by atoms with Gasteiger partial charge in [-0.05, 0) is 0 Å². The Hall–Kier alpha value is 0.542. The van der Waals surface area contributed by atoms with Crippen molar-refractivity contribution < 1.29 is 24.9 Å². The largest absolute Gasteiger partial charge is 0.365 e. The van der Waals surface area contributed by atoms with E-state index >= 15 is 0 Å². The smallest absolute Gasteiger partial charge is 0.0646 e. The van der Waals surface area contributed by atoms with E-state index in [9.17, 15) is 0 Å². The first-order chi connectivity index (χ1) is 2.91. The van der Waals surface area contributed by atoms with E-state index in [1.54, 1.807) is 0 Å². The van der Waals surface area contributed by atoms with Crippen LogP contribution in [0.15, 0.2) is 0 Å². The summed E-state index contributed by atoms with van der Waals surface area (Å²) in [4.78, 5) is 0. The number of hydrogen-bond donors (Lipinski definition) is 0. The summed E-state index contributed by atoms with van der Waals surface area (Å²) in [5.41, 5.74) is 0. The first-order valence-corrected chi connectivity index (χ1v) is 2.07. The number of nitrogens with zero attached hydrogens (tertiary/aromatic N) is 1. The Kier molecular flexibility index (Phi) is 14.6. The fourth-order valence-electron chi connectivity index (χ4n) is 0.105. The van der Waals surface area contributed by atoms with Crippen molar-refractivity contribution in [3.63, 3.8) is 0 Å². The van der Waals surface area contributed by atoms with E-state index in [-0.39, 0.29) is 20.4 Å². The molecule has 0 saturated heterocycles. The van der Waals surface area contributed by atoms with Crippen molar-refractivity contribution in [1.29, 1.82) is 5.26 Å². The summed E-state index contributed by atoms with van der Waals surface area (Å²) in [5.74, 6) is 0. The van der Waals surface area contributed by atoms with Gasteiger partial charge < -0.3 is 4.52 Å². The molecule has 0 spiro atoms. The third-order valence-electron chi connectivity index (χ3n) is 0.332. The summed E-state index contributed by atoms with van der Waals surface area (Å²) >= 11 is 0. The summed E-state index contributed by atoms with van der Waals surface area (Å²) in [6, 6.07) is 1.93. The maximum atomic E-state index is 7.86. The minimum atomic E-state index is 0. The van der Waals surface area contributed by atoms with Gasteiger partial charge >= 0.3 is 0 Å². The van der Waals surface area contributed by atoms with Crippen LogP contribution >= 0.6 is 9.47 Å². The van der Waals surface area contributed by atoms with Gasteiger partial charge in [-0.1, -0.05) is 0 Å². The van der Waals surface area contributed by atoms with Crippen LogP contribution in [0.5, 0.6) is 0 Å². The van der Waals surface area contributed by atoms with Gasteiger partial charge in [0, 0.05) is 29.9 Å². The van der Waals surface area contributed by atoms with Gasteiger partial charge in [0.25, 0.3) is 0 Å². The van der Waals surface area contributed by atoms with Crippen LogP contribution in [-0.2, 0) is 24.9 Å². The SMILES string of the molecule is N#CCCOP.[Re]. The van der Waals surface area contributed by atoms with Crippen LogP contribution in [0, 0.1) is 11.3 Å². The molecule has 0 aromatic carbocycles. The predicted molar refractivity (Wildman–Crippen MR) is 25.9 cm³/mol. The van der Waals surface area contributed by atoms with E-state index in [1.165, 1.54) is 0 Å². The van der Waals surface area contributed by atoms with Gasteiger partial charge in [-0.2, -0.15) is 5.26 Å². The Morgan fingerprint density at radius 3 is 2.43 bits per heavy atom. The van der Waals surface area contributed by atoms with Crippen molar-refractivity contribution in [3.05, 3.63) is 0 Å². The van der Waals surface area contributed by atoms with E-state index < -0.39 is 0 Å². The van der Waals surface area contributed by atoms with E-state index in [0.717, 1.165) is 0 Å². The van der Waals surface area contributed by atoms with Crippen LogP contribution in [0.25, 0.3) is 0 Å².